The molecule has 8 rings (SSSR count). The molecular weight excluding hydrogens is 838 g/mol. The second-order valence-electron chi connectivity index (χ2n) is 15.5. The van der Waals surface area contributed by atoms with Crippen LogP contribution in [0.2, 0.25) is 0 Å². The third kappa shape index (κ3) is 9.89. The number of amides is 3. The topological polar surface area (TPSA) is 227 Å². The summed E-state index contributed by atoms with van der Waals surface area (Å²) >= 11 is 0. The Bertz CT molecular complexity index is 2510. The largest absolute Gasteiger partial charge is 0.490 e. The number of nitrogens with zero attached hydrogens (tertiary/aromatic N) is 8. The number of benzene rings is 2. The zero-order valence-corrected chi connectivity index (χ0v) is 34.2. The van der Waals surface area contributed by atoms with E-state index in [1.54, 1.807) is 6.20 Å². The molecule has 4 aromatic heterocycles. The molecule has 334 valence electrons. The van der Waals surface area contributed by atoms with E-state index in [9.17, 15) is 37.8 Å². The first-order chi connectivity index (χ1) is 30.9. The van der Waals surface area contributed by atoms with Crippen LogP contribution in [-0.4, -0.2) is 120 Å². The first kappa shape index (κ1) is 43.5. The normalized spacial score (nSPS) is 19.8. The van der Waals surface area contributed by atoms with Gasteiger partial charge in [-0.1, -0.05) is 66.7 Å². The zero-order valence-electron chi connectivity index (χ0n) is 34.2. The molecule has 1 saturated carbocycles. The molecule has 64 heavy (non-hydrogen) atoms. The number of ether oxygens (including phenoxy) is 1. The Morgan fingerprint density at radius 3 is 2.28 bits per heavy atom. The number of rotatable bonds is 15. The zero-order chi connectivity index (χ0) is 44.8. The van der Waals surface area contributed by atoms with Gasteiger partial charge in [-0.3, -0.25) is 9.48 Å². The minimum atomic E-state index is -5.16. The lowest BCUT2D eigenvalue weighted by Gasteiger charge is -2.20. The number of halogens is 3. The predicted octanol–water partition coefficient (Wildman–Crippen LogP) is 3.48. The molecular formula is C43H45F3N12O6. The number of pyridine rings is 1. The van der Waals surface area contributed by atoms with Gasteiger partial charge in [-0.15, -0.1) is 0 Å². The molecule has 2 fully saturated rings. The van der Waals surface area contributed by atoms with E-state index in [0.29, 0.717) is 13.1 Å². The SMILES string of the molecule is O=C(NCCNC(=O)c1nc(NCC(c2ccccc2)c2ccccc2)c2ncn([C@@H]3C[C@H](n4cc(COC(=O)C(F)(F)F)cn4)[C@@H](O)[C@H]3O)c2n1)N[C@@H]1CCN(c2ccccn2)C1. The van der Waals surface area contributed by atoms with Crippen LogP contribution < -0.4 is 26.2 Å². The van der Waals surface area contributed by atoms with Gasteiger partial charge in [0.2, 0.25) is 5.82 Å². The van der Waals surface area contributed by atoms with E-state index in [-0.39, 0.29) is 65.9 Å². The molecule has 6 N–H and O–H groups in total. The molecule has 1 saturated heterocycles. The number of nitrogens with one attached hydrogen (secondary N) is 4. The number of fused-ring (bicyclic) bond motifs is 1. The number of alkyl halides is 3. The third-order valence-corrected chi connectivity index (χ3v) is 11.3. The van der Waals surface area contributed by atoms with E-state index in [1.165, 1.54) is 28.0 Å². The van der Waals surface area contributed by atoms with Gasteiger partial charge < -0.3 is 45.7 Å². The van der Waals surface area contributed by atoms with Crippen LogP contribution >= 0.6 is 0 Å². The van der Waals surface area contributed by atoms with E-state index < -0.39 is 49.0 Å². The van der Waals surface area contributed by atoms with Crippen LogP contribution in [-0.2, 0) is 16.1 Å². The summed E-state index contributed by atoms with van der Waals surface area (Å²) in [5, 5.41) is 38.7. The predicted molar refractivity (Wildman–Crippen MR) is 225 cm³/mol. The fourth-order valence-corrected chi connectivity index (χ4v) is 8.06. The highest BCUT2D eigenvalue weighted by molar-refractivity contribution is 5.94. The second-order valence-corrected chi connectivity index (χ2v) is 15.5. The smallest absolute Gasteiger partial charge is 0.454 e. The summed E-state index contributed by atoms with van der Waals surface area (Å²) in [5.74, 6) is -2.30. The van der Waals surface area contributed by atoms with Crippen LogP contribution in [0.5, 0.6) is 0 Å². The van der Waals surface area contributed by atoms with Gasteiger partial charge in [0.15, 0.2) is 11.5 Å². The molecule has 2 aliphatic rings. The van der Waals surface area contributed by atoms with Gasteiger partial charge in [0.25, 0.3) is 5.91 Å². The Labute approximate surface area is 363 Å². The number of carbonyl (C=O) groups is 3. The molecule has 5 atom stereocenters. The van der Waals surface area contributed by atoms with Crippen LogP contribution in [0.1, 0.15) is 58.2 Å². The van der Waals surface area contributed by atoms with Crippen molar-refractivity contribution in [2.75, 3.05) is 42.9 Å². The molecule has 0 bridgehead atoms. The van der Waals surface area contributed by atoms with Crippen LogP contribution in [0.4, 0.5) is 29.6 Å². The van der Waals surface area contributed by atoms with Crippen molar-refractivity contribution in [1.29, 1.82) is 0 Å². The first-order valence-electron chi connectivity index (χ1n) is 20.6. The number of urea groups is 1. The van der Waals surface area contributed by atoms with Gasteiger partial charge in [-0.2, -0.15) is 18.3 Å². The van der Waals surface area contributed by atoms with E-state index in [2.05, 4.69) is 55.9 Å². The van der Waals surface area contributed by atoms with E-state index >= 15 is 0 Å². The summed E-state index contributed by atoms with van der Waals surface area (Å²) < 4.78 is 45.2. The minimum absolute atomic E-state index is 0.0426. The number of aromatic nitrogens is 7. The number of esters is 1. The number of aliphatic hydroxyl groups is 2. The Morgan fingerprint density at radius 2 is 1.58 bits per heavy atom. The van der Waals surface area contributed by atoms with Gasteiger partial charge in [-0.05, 0) is 36.1 Å². The molecule has 6 aromatic rings. The van der Waals surface area contributed by atoms with Crippen molar-refractivity contribution in [2.45, 2.75) is 61.9 Å². The van der Waals surface area contributed by atoms with Crippen molar-refractivity contribution in [2.24, 2.45) is 0 Å². The number of anilines is 2. The summed E-state index contributed by atoms with van der Waals surface area (Å²) in [6, 6.07) is 23.2. The molecule has 1 aliphatic heterocycles. The van der Waals surface area contributed by atoms with Gasteiger partial charge >= 0.3 is 18.2 Å². The van der Waals surface area contributed by atoms with Crippen molar-refractivity contribution in [3.8, 4) is 0 Å². The van der Waals surface area contributed by atoms with Crippen LogP contribution in [0.15, 0.2) is 104 Å². The molecule has 0 unspecified atom stereocenters. The molecule has 2 aromatic carbocycles. The Morgan fingerprint density at radius 1 is 0.875 bits per heavy atom. The van der Waals surface area contributed by atoms with Crippen molar-refractivity contribution in [1.82, 2.24) is 50.2 Å². The first-order valence-corrected chi connectivity index (χ1v) is 20.6. The lowest BCUT2D eigenvalue weighted by atomic mass is 9.91. The monoisotopic (exact) mass is 882 g/mol. The Balaban J connectivity index is 0.990. The van der Waals surface area contributed by atoms with Crippen molar-refractivity contribution in [3.05, 3.63) is 126 Å². The van der Waals surface area contributed by atoms with E-state index in [1.807, 2.05) is 78.9 Å². The van der Waals surface area contributed by atoms with Crippen LogP contribution in [0.25, 0.3) is 11.2 Å². The van der Waals surface area contributed by atoms with E-state index in [4.69, 9.17) is 0 Å². The maximum atomic E-state index is 13.7. The maximum Gasteiger partial charge on any atom is 0.490 e. The minimum Gasteiger partial charge on any atom is -0.454 e. The molecule has 0 spiro atoms. The maximum absolute atomic E-state index is 13.7. The highest BCUT2D eigenvalue weighted by Gasteiger charge is 2.45. The number of hydrogen-bond acceptors (Lipinski definition) is 13. The lowest BCUT2D eigenvalue weighted by Crippen LogP contribution is -2.45. The summed E-state index contributed by atoms with van der Waals surface area (Å²) in [7, 11) is 0. The Kier molecular flexibility index (Phi) is 13.0. The number of hydrogen-bond donors (Lipinski definition) is 6. The Hall–Kier alpha value is -7.13. The lowest BCUT2D eigenvalue weighted by molar-refractivity contribution is -0.201. The van der Waals surface area contributed by atoms with Crippen molar-refractivity contribution < 1.29 is 42.5 Å². The molecule has 1 aliphatic carbocycles. The molecule has 3 amide bonds. The van der Waals surface area contributed by atoms with E-state index in [0.717, 1.165) is 29.9 Å². The second kappa shape index (κ2) is 19.1. The average molecular weight is 883 g/mol. The van der Waals surface area contributed by atoms with Crippen LogP contribution in [0.3, 0.4) is 0 Å². The van der Waals surface area contributed by atoms with Crippen molar-refractivity contribution in [3.63, 3.8) is 0 Å². The van der Waals surface area contributed by atoms with Gasteiger partial charge in [0.1, 0.15) is 30.1 Å². The molecule has 5 heterocycles. The molecule has 0 radical (unpaired) electrons. The quantitative estimate of drug-likeness (QED) is 0.0643. The number of imidazole rings is 1. The average Bonchev–Trinajstić information content (AvgIpc) is 4.12. The third-order valence-electron chi connectivity index (χ3n) is 11.3. The number of aliphatic hydroxyl groups excluding tert-OH is 2. The highest BCUT2D eigenvalue weighted by Crippen LogP contribution is 2.40. The summed E-state index contributed by atoms with van der Waals surface area (Å²) in [5.41, 5.74) is 2.64. The summed E-state index contributed by atoms with van der Waals surface area (Å²) in [6.07, 6.45) is -1.48. The standard InChI is InChI=1S/C43H45F3N12O6/c44-43(45,46)41(62)64-24-26-20-52-58(22-26)32-19-31(35(59)36(32)60)57-25-51-34-37(50-21-30(27-9-3-1-4-10-27)28-11-5-2-6-12-28)54-38(55-39(34)57)40(61)48-16-17-49-42(63)53-29-14-18-56(23-29)33-13-7-8-15-47-33/h1-13,15,20,22,25,29-32,35-36,59-60H,14,16-19,21,23-24H2,(H,48,61)(H2,49,53,63)(H,50,54,55)/t29-,31-,32+,35+,36-/m1/s1. The fraction of sp³-hybridized carbons (Fsp3) is 0.349. The number of carbonyl (C=O) groups excluding carboxylic acids is 3. The van der Waals surface area contributed by atoms with Crippen molar-refractivity contribution >= 4 is 40.7 Å². The highest BCUT2D eigenvalue weighted by atomic mass is 19.4. The summed E-state index contributed by atoms with van der Waals surface area (Å²) in [6.45, 7) is 1.13. The van der Waals surface area contributed by atoms with Gasteiger partial charge in [0.05, 0.1) is 24.6 Å². The molecule has 21 heteroatoms. The van der Waals surface area contributed by atoms with Gasteiger partial charge in [-0.25, -0.2) is 29.5 Å². The van der Waals surface area contributed by atoms with Crippen LogP contribution in [0, 0.1) is 0 Å². The van der Waals surface area contributed by atoms with Gasteiger partial charge in [0, 0.05) is 62.6 Å². The molecule has 18 nitrogen and oxygen atoms in total. The summed E-state index contributed by atoms with van der Waals surface area (Å²) in [4.78, 5) is 58.0. The fourth-order valence-electron chi connectivity index (χ4n) is 8.06.